The predicted molar refractivity (Wildman–Crippen MR) is 74.3 cm³/mol. The van der Waals surface area contributed by atoms with Gasteiger partial charge in [-0.1, -0.05) is 32.8 Å². The molecule has 0 aromatic carbocycles. The molecule has 0 rings (SSSR count). The minimum atomic E-state index is -0.254. The van der Waals surface area contributed by atoms with E-state index in [9.17, 15) is 9.90 Å². The molecule has 0 fully saturated rings. The summed E-state index contributed by atoms with van der Waals surface area (Å²) in [5.41, 5.74) is 0.551. The van der Waals surface area contributed by atoms with Crippen molar-refractivity contribution in [2.24, 2.45) is 5.41 Å². The van der Waals surface area contributed by atoms with Gasteiger partial charge in [-0.2, -0.15) is 0 Å². The molecule has 0 aromatic heterocycles. The van der Waals surface area contributed by atoms with E-state index in [1.54, 1.807) is 13.0 Å². The number of aliphatic hydroxyl groups excluding tert-OH is 1. The second kappa shape index (κ2) is 9.15. The van der Waals surface area contributed by atoms with Crippen LogP contribution in [0.15, 0.2) is 11.6 Å². The monoisotopic (exact) mass is 256 g/mol. The summed E-state index contributed by atoms with van der Waals surface area (Å²) in [5.74, 6) is -0.254. The van der Waals surface area contributed by atoms with Gasteiger partial charge < -0.3 is 9.84 Å². The van der Waals surface area contributed by atoms with Crippen LogP contribution < -0.4 is 0 Å². The highest BCUT2D eigenvalue weighted by atomic mass is 16.5. The van der Waals surface area contributed by atoms with Crippen LogP contribution in [0.2, 0.25) is 0 Å². The summed E-state index contributed by atoms with van der Waals surface area (Å²) in [6, 6.07) is 0. The second-order valence-corrected chi connectivity index (χ2v) is 4.97. The first-order valence-electron chi connectivity index (χ1n) is 6.96. The maximum Gasteiger partial charge on any atom is 0.333 e. The van der Waals surface area contributed by atoms with E-state index < -0.39 is 0 Å². The number of aliphatic hydroxyl groups is 1. The number of esters is 1. The minimum Gasteiger partial charge on any atom is -0.462 e. The molecule has 0 aromatic rings. The lowest BCUT2D eigenvalue weighted by atomic mass is 9.78. The average molecular weight is 256 g/mol. The standard InChI is InChI=1S/C15H28O3/c1-5-8-9-15(7-3,12-16)10-11-18-14(17)13(4)6-2/h6,16H,5,7-12H2,1-4H3. The molecule has 3 heteroatoms. The van der Waals surface area contributed by atoms with Crippen LogP contribution in [0.25, 0.3) is 0 Å². The Kier molecular flexibility index (Phi) is 8.73. The number of allylic oxidation sites excluding steroid dienone is 1. The van der Waals surface area contributed by atoms with Crippen molar-refractivity contribution in [3.8, 4) is 0 Å². The fourth-order valence-electron chi connectivity index (χ4n) is 1.89. The highest BCUT2D eigenvalue weighted by Gasteiger charge is 2.26. The van der Waals surface area contributed by atoms with Crippen LogP contribution in [0.3, 0.4) is 0 Å². The molecular weight excluding hydrogens is 228 g/mol. The maximum atomic E-state index is 11.5. The van der Waals surface area contributed by atoms with E-state index in [2.05, 4.69) is 13.8 Å². The van der Waals surface area contributed by atoms with Crippen LogP contribution in [0.1, 0.15) is 59.8 Å². The summed E-state index contributed by atoms with van der Waals surface area (Å²) in [7, 11) is 0. The summed E-state index contributed by atoms with van der Waals surface area (Å²) >= 11 is 0. The van der Waals surface area contributed by atoms with Crippen LogP contribution in [-0.2, 0) is 9.53 Å². The molecule has 0 saturated carbocycles. The van der Waals surface area contributed by atoms with Gasteiger partial charge in [-0.3, -0.25) is 0 Å². The summed E-state index contributed by atoms with van der Waals surface area (Å²) < 4.78 is 5.22. The number of hydrogen-bond donors (Lipinski definition) is 1. The van der Waals surface area contributed by atoms with Gasteiger partial charge in [-0.05, 0) is 38.5 Å². The lowest BCUT2D eigenvalue weighted by molar-refractivity contribution is -0.140. The van der Waals surface area contributed by atoms with Gasteiger partial charge in [-0.15, -0.1) is 0 Å². The number of unbranched alkanes of at least 4 members (excludes halogenated alkanes) is 1. The molecule has 0 amide bonds. The average Bonchev–Trinajstić information content (AvgIpc) is 2.41. The van der Waals surface area contributed by atoms with E-state index in [-0.39, 0.29) is 18.0 Å². The van der Waals surface area contributed by atoms with Crippen molar-refractivity contribution in [3.05, 3.63) is 11.6 Å². The quantitative estimate of drug-likeness (QED) is 0.507. The van der Waals surface area contributed by atoms with Gasteiger partial charge >= 0.3 is 5.97 Å². The lowest BCUT2D eigenvalue weighted by Gasteiger charge is -2.30. The van der Waals surface area contributed by atoms with Crippen molar-refractivity contribution in [2.75, 3.05) is 13.2 Å². The van der Waals surface area contributed by atoms with Gasteiger partial charge in [0.2, 0.25) is 0 Å². The SMILES string of the molecule is CC=C(C)C(=O)OCCC(CC)(CO)CCCC. The van der Waals surface area contributed by atoms with Crippen LogP contribution in [-0.4, -0.2) is 24.3 Å². The Morgan fingerprint density at radius 3 is 2.44 bits per heavy atom. The van der Waals surface area contributed by atoms with Crippen LogP contribution in [0, 0.1) is 5.41 Å². The van der Waals surface area contributed by atoms with Gasteiger partial charge in [0.15, 0.2) is 0 Å². The Bertz CT molecular complexity index is 265. The van der Waals surface area contributed by atoms with Crippen molar-refractivity contribution >= 4 is 5.97 Å². The van der Waals surface area contributed by atoms with E-state index in [1.807, 2.05) is 6.92 Å². The largest absolute Gasteiger partial charge is 0.462 e. The zero-order valence-electron chi connectivity index (χ0n) is 12.3. The normalized spacial score (nSPS) is 15.3. The van der Waals surface area contributed by atoms with E-state index in [0.29, 0.717) is 12.2 Å². The molecule has 106 valence electrons. The summed E-state index contributed by atoms with van der Waals surface area (Å²) in [4.78, 5) is 11.5. The van der Waals surface area contributed by atoms with Gasteiger partial charge in [0, 0.05) is 12.2 Å². The number of ether oxygens (including phenoxy) is 1. The van der Waals surface area contributed by atoms with Crippen molar-refractivity contribution < 1.29 is 14.6 Å². The first-order chi connectivity index (χ1) is 8.55. The molecule has 1 atom stereocenters. The van der Waals surface area contributed by atoms with E-state index >= 15 is 0 Å². The maximum absolute atomic E-state index is 11.5. The molecule has 0 bridgehead atoms. The second-order valence-electron chi connectivity index (χ2n) is 4.97. The molecule has 1 N–H and O–H groups in total. The fourth-order valence-corrected chi connectivity index (χ4v) is 1.89. The smallest absolute Gasteiger partial charge is 0.333 e. The summed E-state index contributed by atoms with van der Waals surface area (Å²) in [6.07, 6.45) is 6.64. The molecule has 0 radical (unpaired) electrons. The fraction of sp³-hybridized carbons (Fsp3) is 0.800. The van der Waals surface area contributed by atoms with Crippen molar-refractivity contribution in [1.29, 1.82) is 0 Å². The Hall–Kier alpha value is -0.830. The first kappa shape index (κ1) is 17.2. The molecule has 0 spiro atoms. The first-order valence-corrected chi connectivity index (χ1v) is 6.96. The zero-order valence-corrected chi connectivity index (χ0v) is 12.3. The third-order valence-corrected chi connectivity index (χ3v) is 3.77. The lowest BCUT2D eigenvalue weighted by Crippen LogP contribution is -2.27. The molecular formula is C15H28O3. The van der Waals surface area contributed by atoms with E-state index in [1.165, 1.54) is 0 Å². The number of rotatable bonds is 9. The zero-order chi connectivity index (χ0) is 14.0. The molecule has 0 heterocycles. The Labute approximate surface area is 111 Å². The molecule has 0 aliphatic heterocycles. The van der Waals surface area contributed by atoms with Gasteiger partial charge in [0.05, 0.1) is 6.61 Å². The van der Waals surface area contributed by atoms with E-state index in [4.69, 9.17) is 4.74 Å². The molecule has 0 aliphatic carbocycles. The Morgan fingerprint density at radius 1 is 1.33 bits per heavy atom. The molecule has 0 saturated heterocycles. The highest BCUT2D eigenvalue weighted by Crippen LogP contribution is 2.32. The van der Waals surface area contributed by atoms with Crippen molar-refractivity contribution in [3.63, 3.8) is 0 Å². The van der Waals surface area contributed by atoms with Gasteiger partial charge in [0.1, 0.15) is 0 Å². The van der Waals surface area contributed by atoms with Crippen LogP contribution in [0.4, 0.5) is 0 Å². The Balaban J connectivity index is 4.23. The van der Waals surface area contributed by atoms with Gasteiger partial charge in [0.25, 0.3) is 0 Å². The summed E-state index contributed by atoms with van der Waals surface area (Å²) in [6.45, 7) is 8.37. The van der Waals surface area contributed by atoms with Crippen molar-refractivity contribution in [2.45, 2.75) is 59.8 Å². The van der Waals surface area contributed by atoms with Crippen LogP contribution >= 0.6 is 0 Å². The minimum absolute atomic E-state index is 0.0832. The van der Waals surface area contributed by atoms with E-state index in [0.717, 1.165) is 32.1 Å². The summed E-state index contributed by atoms with van der Waals surface area (Å²) in [5, 5.41) is 9.57. The van der Waals surface area contributed by atoms with Gasteiger partial charge in [-0.25, -0.2) is 4.79 Å². The molecule has 18 heavy (non-hydrogen) atoms. The molecule has 3 nitrogen and oxygen atoms in total. The van der Waals surface area contributed by atoms with Crippen molar-refractivity contribution in [1.82, 2.24) is 0 Å². The van der Waals surface area contributed by atoms with Crippen LogP contribution in [0.5, 0.6) is 0 Å². The Morgan fingerprint density at radius 2 is 2.00 bits per heavy atom. The third-order valence-electron chi connectivity index (χ3n) is 3.77. The number of carbonyl (C=O) groups is 1. The molecule has 0 aliphatic rings. The third kappa shape index (κ3) is 5.67. The highest BCUT2D eigenvalue weighted by molar-refractivity contribution is 5.87. The number of hydrogen-bond acceptors (Lipinski definition) is 3. The topological polar surface area (TPSA) is 46.5 Å². The predicted octanol–water partition coefficient (Wildman–Crippen LogP) is 3.46. The molecule has 1 unspecified atom stereocenters. The number of carbonyl (C=O) groups excluding carboxylic acids is 1.